The standard InChI is InChI=1S/C14H16N2O3/c1-14(7-4-9-19-14)13(17)16-11-5-2-3-6-12(11)18-10-8-15/h2-3,5-6H,4,7,9-10H2,1H3,(H,16,17). The Balaban J connectivity index is 2.10. The van der Waals surface area contributed by atoms with Gasteiger partial charge in [0.05, 0.1) is 5.69 Å². The number of ether oxygens (including phenoxy) is 2. The lowest BCUT2D eigenvalue weighted by molar-refractivity contribution is -0.133. The average molecular weight is 260 g/mol. The summed E-state index contributed by atoms with van der Waals surface area (Å²) in [5.74, 6) is 0.303. The summed E-state index contributed by atoms with van der Waals surface area (Å²) in [4.78, 5) is 12.2. The maximum absolute atomic E-state index is 12.2. The van der Waals surface area contributed by atoms with Gasteiger partial charge in [0, 0.05) is 6.61 Å². The van der Waals surface area contributed by atoms with Crippen LogP contribution in [0.4, 0.5) is 5.69 Å². The quantitative estimate of drug-likeness (QED) is 0.899. The highest BCUT2D eigenvalue weighted by atomic mass is 16.5. The Hall–Kier alpha value is -2.06. The number of hydrogen-bond donors (Lipinski definition) is 1. The first-order chi connectivity index (χ1) is 9.15. The van der Waals surface area contributed by atoms with Crippen LogP contribution in [0, 0.1) is 11.3 Å². The fourth-order valence-electron chi connectivity index (χ4n) is 2.02. The first-order valence-corrected chi connectivity index (χ1v) is 6.20. The van der Waals surface area contributed by atoms with Crippen LogP contribution in [0.1, 0.15) is 19.8 Å². The zero-order chi connectivity index (χ0) is 13.7. The molecule has 0 aromatic heterocycles. The number of benzene rings is 1. The van der Waals surface area contributed by atoms with Crippen molar-refractivity contribution in [3.63, 3.8) is 0 Å². The minimum Gasteiger partial charge on any atom is -0.477 e. The van der Waals surface area contributed by atoms with Gasteiger partial charge >= 0.3 is 0 Å². The molecule has 1 N–H and O–H groups in total. The molecule has 0 aliphatic carbocycles. The SMILES string of the molecule is CC1(C(=O)Nc2ccccc2OCC#N)CCCO1. The summed E-state index contributed by atoms with van der Waals surface area (Å²) in [6.07, 6.45) is 1.59. The molecule has 1 aliphatic rings. The molecule has 100 valence electrons. The van der Waals surface area contributed by atoms with E-state index in [2.05, 4.69) is 5.32 Å². The number of nitrogens with zero attached hydrogens (tertiary/aromatic N) is 1. The summed E-state index contributed by atoms with van der Waals surface area (Å²) in [6.45, 7) is 2.34. The van der Waals surface area contributed by atoms with Crippen LogP contribution in [0.2, 0.25) is 0 Å². The molecule has 0 bridgehead atoms. The third-order valence-electron chi connectivity index (χ3n) is 3.13. The predicted octanol–water partition coefficient (Wildman–Crippen LogP) is 2.10. The molecule has 1 aromatic rings. The first kappa shape index (κ1) is 13.4. The molecule has 1 unspecified atom stereocenters. The maximum Gasteiger partial charge on any atom is 0.256 e. The largest absolute Gasteiger partial charge is 0.477 e. The van der Waals surface area contributed by atoms with Gasteiger partial charge in [-0.3, -0.25) is 4.79 Å². The van der Waals surface area contributed by atoms with Gasteiger partial charge in [-0.1, -0.05) is 12.1 Å². The van der Waals surface area contributed by atoms with E-state index >= 15 is 0 Å². The van der Waals surface area contributed by atoms with Gasteiger partial charge in [0.25, 0.3) is 5.91 Å². The van der Waals surface area contributed by atoms with E-state index in [0.717, 1.165) is 6.42 Å². The third kappa shape index (κ3) is 3.04. The van der Waals surface area contributed by atoms with Gasteiger partial charge in [-0.15, -0.1) is 0 Å². The number of carbonyl (C=O) groups excluding carboxylic acids is 1. The van der Waals surface area contributed by atoms with Crippen molar-refractivity contribution in [1.82, 2.24) is 0 Å². The van der Waals surface area contributed by atoms with Crippen molar-refractivity contribution >= 4 is 11.6 Å². The van der Waals surface area contributed by atoms with Crippen molar-refractivity contribution in [3.8, 4) is 11.8 Å². The zero-order valence-electron chi connectivity index (χ0n) is 10.8. The Bertz CT molecular complexity index is 502. The lowest BCUT2D eigenvalue weighted by atomic mass is 10.0. The van der Waals surface area contributed by atoms with E-state index < -0.39 is 5.60 Å². The van der Waals surface area contributed by atoms with E-state index in [1.807, 2.05) is 6.07 Å². The minimum atomic E-state index is -0.775. The van der Waals surface area contributed by atoms with E-state index in [9.17, 15) is 4.79 Å². The maximum atomic E-state index is 12.2. The van der Waals surface area contributed by atoms with Crippen LogP contribution in [0.25, 0.3) is 0 Å². The molecule has 1 aliphatic heterocycles. The minimum absolute atomic E-state index is 0.0549. The van der Waals surface area contributed by atoms with E-state index in [0.29, 0.717) is 24.5 Å². The molecule has 0 radical (unpaired) electrons. The molecule has 0 spiro atoms. The molecule has 19 heavy (non-hydrogen) atoms. The summed E-state index contributed by atoms with van der Waals surface area (Å²) in [6, 6.07) is 8.94. The van der Waals surface area contributed by atoms with E-state index in [4.69, 9.17) is 14.7 Å². The lowest BCUT2D eigenvalue weighted by Gasteiger charge is -2.22. The fraction of sp³-hybridized carbons (Fsp3) is 0.429. The van der Waals surface area contributed by atoms with Crippen LogP contribution in [-0.4, -0.2) is 24.7 Å². The molecule has 1 fully saturated rings. The van der Waals surface area contributed by atoms with Crippen LogP contribution in [-0.2, 0) is 9.53 Å². The molecule has 1 saturated heterocycles. The van der Waals surface area contributed by atoms with Crippen LogP contribution >= 0.6 is 0 Å². The monoisotopic (exact) mass is 260 g/mol. The number of amides is 1. The van der Waals surface area contributed by atoms with Gasteiger partial charge in [-0.05, 0) is 31.9 Å². The Morgan fingerprint density at radius 2 is 2.37 bits per heavy atom. The van der Waals surface area contributed by atoms with E-state index in [1.54, 1.807) is 31.2 Å². The second-order valence-corrected chi connectivity index (χ2v) is 4.58. The Kier molecular flexibility index (Phi) is 4.03. The second kappa shape index (κ2) is 5.72. The van der Waals surface area contributed by atoms with Gasteiger partial charge < -0.3 is 14.8 Å². The van der Waals surface area contributed by atoms with Crippen LogP contribution < -0.4 is 10.1 Å². The molecule has 2 rings (SSSR count). The average Bonchev–Trinajstić information content (AvgIpc) is 2.86. The third-order valence-corrected chi connectivity index (χ3v) is 3.13. The topological polar surface area (TPSA) is 71.3 Å². The van der Waals surface area contributed by atoms with Gasteiger partial charge in [0.15, 0.2) is 6.61 Å². The van der Waals surface area contributed by atoms with Gasteiger partial charge in [0.2, 0.25) is 0 Å². The summed E-state index contributed by atoms with van der Waals surface area (Å²) in [5.41, 5.74) is -0.220. The fourth-order valence-corrected chi connectivity index (χ4v) is 2.02. The van der Waals surface area contributed by atoms with E-state index in [1.165, 1.54) is 0 Å². The molecule has 5 heteroatoms. The predicted molar refractivity (Wildman–Crippen MR) is 69.8 cm³/mol. The smallest absolute Gasteiger partial charge is 0.256 e. The number of anilines is 1. The first-order valence-electron chi connectivity index (χ1n) is 6.20. The molecule has 1 heterocycles. The van der Waals surface area contributed by atoms with Crippen molar-refractivity contribution in [1.29, 1.82) is 5.26 Å². The highest BCUT2D eigenvalue weighted by Crippen LogP contribution is 2.29. The highest BCUT2D eigenvalue weighted by molar-refractivity contribution is 5.98. The van der Waals surface area contributed by atoms with Crippen molar-refractivity contribution in [2.24, 2.45) is 0 Å². The zero-order valence-corrected chi connectivity index (χ0v) is 10.8. The van der Waals surface area contributed by atoms with Crippen LogP contribution in [0.15, 0.2) is 24.3 Å². The number of nitrogens with one attached hydrogen (secondary N) is 1. The second-order valence-electron chi connectivity index (χ2n) is 4.58. The van der Waals surface area contributed by atoms with Crippen molar-refractivity contribution in [2.75, 3.05) is 18.5 Å². The molecule has 1 aromatic carbocycles. The Morgan fingerprint density at radius 3 is 3.05 bits per heavy atom. The van der Waals surface area contributed by atoms with Gasteiger partial charge in [-0.25, -0.2) is 0 Å². The van der Waals surface area contributed by atoms with Crippen molar-refractivity contribution in [2.45, 2.75) is 25.4 Å². The molecule has 5 nitrogen and oxygen atoms in total. The number of carbonyl (C=O) groups is 1. The summed E-state index contributed by atoms with van der Waals surface area (Å²) >= 11 is 0. The Morgan fingerprint density at radius 1 is 1.58 bits per heavy atom. The summed E-state index contributed by atoms with van der Waals surface area (Å²) in [7, 11) is 0. The number of nitriles is 1. The number of rotatable bonds is 4. The summed E-state index contributed by atoms with van der Waals surface area (Å²) < 4.78 is 10.8. The molecule has 1 atom stereocenters. The van der Waals surface area contributed by atoms with E-state index in [-0.39, 0.29) is 12.5 Å². The number of para-hydroxylation sites is 2. The van der Waals surface area contributed by atoms with Crippen LogP contribution in [0.5, 0.6) is 5.75 Å². The Labute approximate surface area is 112 Å². The number of hydrogen-bond acceptors (Lipinski definition) is 4. The lowest BCUT2D eigenvalue weighted by Crippen LogP contribution is -2.39. The van der Waals surface area contributed by atoms with Crippen molar-refractivity contribution < 1.29 is 14.3 Å². The highest BCUT2D eigenvalue weighted by Gasteiger charge is 2.37. The molecule has 0 saturated carbocycles. The molecular weight excluding hydrogens is 244 g/mol. The normalized spacial score (nSPS) is 21.7. The van der Waals surface area contributed by atoms with Gasteiger partial charge in [0.1, 0.15) is 17.4 Å². The molecule has 1 amide bonds. The van der Waals surface area contributed by atoms with Crippen molar-refractivity contribution in [3.05, 3.63) is 24.3 Å². The van der Waals surface area contributed by atoms with Crippen LogP contribution in [0.3, 0.4) is 0 Å². The van der Waals surface area contributed by atoms with Gasteiger partial charge in [-0.2, -0.15) is 5.26 Å². The summed E-state index contributed by atoms with van der Waals surface area (Å²) in [5, 5.41) is 11.3. The molecular formula is C14H16N2O3.